The van der Waals surface area contributed by atoms with Crippen molar-refractivity contribution in [1.29, 1.82) is 0 Å². The van der Waals surface area contributed by atoms with Crippen LogP contribution in [0.5, 0.6) is 5.75 Å². The van der Waals surface area contributed by atoms with Crippen molar-refractivity contribution in [2.24, 2.45) is 5.73 Å². The van der Waals surface area contributed by atoms with Gasteiger partial charge in [0.15, 0.2) is 9.84 Å². The number of hydrogen-bond acceptors (Lipinski definition) is 7. The number of nitrogens with two attached hydrogens (primary N) is 1. The number of primary amides is 1. The Hall–Kier alpha value is -3.99. The maximum Gasteiger partial charge on any atom is 0.254 e. The van der Waals surface area contributed by atoms with Crippen LogP contribution in [0.3, 0.4) is 0 Å². The average Bonchev–Trinajstić information content (AvgIpc) is 3.14. The normalized spacial score (nSPS) is 14.1. The number of nitrogens with zero attached hydrogens (tertiary/aromatic N) is 2. The van der Waals surface area contributed by atoms with Gasteiger partial charge in [-0.2, -0.15) is 0 Å². The number of sulfone groups is 1. The average molecular weight is 555 g/mol. The smallest absolute Gasteiger partial charge is 0.254 e. The van der Waals surface area contributed by atoms with Crippen LogP contribution < -0.4 is 15.8 Å². The third-order valence-electron chi connectivity index (χ3n) is 6.72. The van der Waals surface area contributed by atoms with E-state index >= 15 is 4.39 Å². The summed E-state index contributed by atoms with van der Waals surface area (Å²) >= 11 is 0. The Morgan fingerprint density at radius 2 is 1.90 bits per heavy atom. The molecule has 0 aliphatic carbocycles. The summed E-state index contributed by atoms with van der Waals surface area (Å²) in [6.45, 7) is 5.55. The summed E-state index contributed by atoms with van der Waals surface area (Å²) in [6, 6.07) is 11.3. The molecule has 1 aliphatic rings. The van der Waals surface area contributed by atoms with Crippen LogP contribution in [-0.2, 0) is 27.6 Å². The fraction of sp³-hybridized carbons (Fsp3) is 0.321. The molecule has 206 valence electrons. The summed E-state index contributed by atoms with van der Waals surface area (Å²) in [5, 5.41) is 2.93. The molecule has 3 N–H and O–H groups in total. The first kappa shape index (κ1) is 28.0. The lowest BCUT2D eigenvalue weighted by atomic mass is 10.0. The van der Waals surface area contributed by atoms with Gasteiger partial charge in [0.2, 0.25) is 5.91 Å². The zero-order valence-corrected chi connectivity index (χ0v) is 22.8. The van der Waals surface area contributed by atoms with E-state index in [1.807, 2.05) is 24.3 Å². The highest BCUT2D eigenvalue weighted by Crippen LogP contribution is 2.31. The van der Waals surface area contributed by atoms with Crippen LogP contribution in [0.4, 0.5) is 10.2 Å². The molecular weight excluding hydrogens is 523 g/mol. The second kappa shape index (κ2) is 11.4. The van der Waals surface area contributed by atoms with E-state index in [0.29, 0.717) is 11.6 Å². The predicted molar refractivity (Wildman–Crippen MR) is 146 cm³/mol. The minimum absolute atomic E-state index is 0.0825. The fourth-order valence-electron chi connectivity index (χ4n) is 4.40. The Morgan fingerprint density at radius 1 is 1.15 bits per heavy atom. The van der Waals surface area contributed by atoms with Crippen LogP contribution >= 0.6 is 0 Å². The number of rotatable bonds is 8. The minimum atomic E-state index is -3.77. The third-order valence-corrected chi connectivity index (χ3v) is 8.47. The van der Waals surface area contributed by atoms with Gasteiger partial charge in [0.1, 0.15) is 34.9 Å². The Kier molecular flexibility index (Phi) is 8.19. The topological polar surface area (TPSA) is 132 Å². The van der Waals surface area contributed by atoms with Gasteiger partial charge in [-0.05, 0) is 55.3 Å². The number of ether oxygens (including phenoxy) is 1. The quantitative estimate of drug-likeness (QED) is 0.435. The molecule has 9 nitrogen and oxygen atoms in total. The first-order valence-corrected chi connectivity index (χ1v) is 14.3. The number of carbonyl (C=O) groups is 2. The van der Waals surface area contributed by atoms with E-state index in [4.69, 9.17) is 10.5 Å². The minimum Gasteiger partial charge on any atom is -0.491 e. The maximum atomic E-state index is 15.2. The molecule has 1 aromatic heterocycles. The Bertz CT molecular complexity index is 1510. The molecule has 0 unspecified atom stereocenters. The second-order valence-corrected chi connectivity index (χ2v) is 11.5. The van der Waals surface area contributed by atoms with Crippen LogP contribution in [0, 0.1) is 5.82 Å². The molecule has 0 fully saturated rings. The lowest BCUT2D eigenvalue weighted by Gasteiger charge is -2.22. The number of fused-ring (bicyclic) bond motifs is 1. The zero-order valence-electron chi connectivity index (χ0n) is 22.0. The number of carbonyl (C=O) groups excluding carboxylic acids is 2. The van der Waals surface area contributed by atoms with E-state index in [9.17, 15) is 18.0 Å². The molecule has 0 saturated carbocycles. The molecule has 39 heavy (non-hydrogen) atoms. The third kappa shape index (κ3) is 5.88. The first-order chi connectivity index (χ1) is 18.6. The van der Waals surface area contributed by atoms with Crippen LogP contribution in [0.2, 0.25) is 0 Å². The fourth-order valence-corrected chi connectivity index (χ4v) is 5.38. The second-order valence-electron chi connectivity index (χ2n) is 9.26. The number of benzene rings is 2. The molecule has 11 heteroatoms. The van der Waals surface area contributed by atoms with Crippen molar-refractivity contribution in [1.82, 2.24) is 9.88 Å². The van der Waals surface area contributed by atoms with Gasteiger partial charge in [0.25, 0.3) is 5.91 Å². The van der Waals surface area contributed by atoms with E-state index in [1.54, 1.807) is 31.0 Å². The lowest BCUT2D eigenvalue weighted by Crippen LogP contribution is -2.33. The van der Waals surface area contributed by atoms with E-state index in [0.717, 1.165) is 16.7 Å². The molecule has 0 radical (unpaired) electrons. The molecule has 1 atom stereocenters. The number of nitrogens with one attached hydrogen (secondary N) is 1. The van der Waals surface area contributed by atoms with Crippen molar-refractivity contribution in [3.63, 3.8) is 0 Å². The largest absolute Gasteiger partial charge is 0.491 e. The molecule has 4 rings (SSSR count). The van der Waals surface area contributed by atoms with Gasteiger partial charge in [-0.25, -0.2) is 17.8 Å². The number of anilines is 1. The summed E-state index contributed by atoms with van der Waals surface area (Å²) in [4.78, 5) is 30.4. The highest BCUT2D eigenvalue weighted by molar-refractivity contribution is 7.91. The highest BCUT2D eigenvalue weighted by atomic mass is 32.2. The van der Waals surface area contributed by atoms with Crippen molar-refractivity contribution in [3.05, 3.63) is 71.2 Å². The van der Waals surface area contributed by atoms with Gasteiger partial charge >= 0.3 is 0 Å². The zero-order chi connectivity index (χ0) is 28.3. The van der Waals surface area contributed by atoms with Gasteiger partial charge < -0.3 is 20.7 Å². The molecule has 0 spiro atoms. The predicted octanol–water partition coefficient (Wildman–Crippen LogP) is 3.56. The van der Waals surface area contributed by atoms with Gasteiger partial charge in [-0.15, -0.1) is 0 Å². The van der Waals surface area contributed by atoms with Crippen LogP contribution in [0.25, 0.3) is 11.1 Å². The van der Waals surface area contributed by atoms with Gasteiger partial charge in [0, 0.05) is 35.0 Å². The van der Waals surface area contributed by atoms with Gasteiger partial charge in [0.05, 0.1) is 12.3 Å². The molecule has 2 heterocycles. The highest BCUT2D eigenvalue weighted by Gasteiger charge is 2.27. The van der Waals surface area contributed by atoms with Gasteiger partial charge in [-0.3, -0.25) is 9.59 Å². The van der Waals surface area contributed by atoms with Crippen molar-refractivity contribution in [2.75, 3.05) is 24.2 Å². The Balaban J connectivity index is 1.60. The molecule has 2 amide bonds. The summed E-state index contributed by atoms with van der Waals surface area (Å²) in [5.41, 5.74) is 7.96. The summed E-state index contributed by atoms with van der Waals surface area (Å²) in [6.07, 6.45) is 1.83. The molecular formula is C28H31FN4O5S. The van der Waals surface area contributed by atoms with Crippen LogP contribution in [-0.4, -0.2) is 55.1 Å². The Morgan fingerprint density at radius 3 is 2.54 bits per heavy atom. The van der Waals surface area contributed by atoms with Crippen molar-refractivity contribution in [2.45, 2.75) is 44.7 Å². The summed E-state index contributed by atoms with van der Waals surface area (Å²) < 4.78 is 45.8. The number of amides is 2. The van der Waals surface area contributed by atoms with Crippen LogP contribution in [0.15, 0.2) is 53.6 Å². The maximum absolute atomic E-state index is 15.2. The van der Waals surface area contributed by atoms with Crippen molar-refractivity contribution >= 4 is 27.5 Å². The molecule has 0 bridgehead atoms. The summed E-state index contributed by atoms with van der Waals surface area (Å²) in [5.74, 6) is -0.826. The number of halogens is 1. The number of aromatic nitrogens is 1. The van der Waals surface area contributed by atoms with E-state index in [-0.39, 0.29) is 47.9 Å². The Labute approximate surface area is 227 Å². The monoisotopic (exact) mass is 554 g/mol. The first-order valence-electron chi connectivity index (χ1n) is 12.7. The van der Waals surface area contributed by atoms with E-state index in [2.05, 4.69) is 10.3 Å². The van der Waals surface area contributed by atoms with E-state index < -0.39 is 33.5 Å². The number of hydrogen-bond donors (Lipinski definition) is 2. The standard InChI is InChI=1S/C28H31FN4O5S/c1-4-21-22(8-10-24(26(21)29)39(36,37)5-2)28(35)33-12-13-38-23-9-6-18(14-20(23)16-33)19-7-11-25(31-15-19)32-17(3)27(30)34/h6-11,14-15,17H,4-5,12-13,16H2,1-3H3,(H2,30,34)(H,31,32)/t17-/m0/s1. The van der Waals surface area contributed by atoms with Crippen molar-refractivity contribution < 1.29 is 27.1 Å². The summed E-state index contributed by atoms with van der Waals surface area (Å²) in [7, 11) is -3.77. The van der Waals surface area contributed by atoms with Gasteiger partial charge in [-0.1, -0.05) is 19.9 Å². The number of pyridine rings is 1. The van der Waals surface area contributed by atoms with Crippen molar-refractivity contribution in [3.8, 4) is 16.9 Å². The molecule has 1 aliphatic heterocycles. The van der Waals surface area contributed by atoms with E-state index in [1.165, 1.54) is 19.1 Å². The lowest BCUT2D eigenvalue weighted by molar-refractivity contribution is -0.118. The van der Waals surface area contributed by atoms with Crippen LogP contribution in [0.1, 0.15) is 42.3 Å². The SMILES string of the molecule is CCc1c(C(=O)N2CCOc3ccc(-c4ccc(N[C@@H](C)C(N)=O)nc4)cc3C2)ccc(S(=O)(=O)CC)c1F. The molecule has 0 saturated heterocycles. The molecule has 2 aromatic carbocycles. The molecule has 3 aromatic rings.